The molecule has 27 heavy (non-hydrogen) atoms. The van der Waals surface area contributed by atoms with Crippen LogP contribution in [0.3, 0.4) is 0 Å². The highest BCUT2D eigenvalue weighted by Crippen LogP contribution is 2.24. The van der Waals surface area contributed by atoms with E-state index < -0.39 is 24.5 Å². The molecular formula is C19H20N2O6. The maximum atomic E-state index is 12.2. The molecule has 0 aliphatic carbocycles. The molecular weight excluding hydrogens is 352 g/mol. The monoisotopic (exact) mass is 372 g/mol. The van der Waals surface area contributed by atoms with Crippen LogP contribution in [0.25, 0.3) is 0 Å². The van der Waals surface area contributed by atoms with E-state index in [1.54, 1.807) is 12.1 Å². The quantitative estimate of drug-likeness (QED) is 0.720. The highest BCUT2D eigenvalue weighted by molar-refractivity contribution is 5.98. The van der Waals surface area contributed by atoms with Crippen LogP contribution in [0.4, 0.5) is 4.79 Å². The van der Waals surface area contributed by atoms with Crippen molar-refractivity contribution in [3.8, 4) is 11.5 Å². The zero-order valence-electron chi connectivity index (χ0n) is 15.0. The summed E-state index contributed by atoms with van der Waals surface area (Å²) in [7, 11) is 2.86. The van der Waals surface area contributed by atoms with Crippen molar-refractivity contribution in [2.75, 3.05) is 20.8 Å². The van der Waals surface area contributed by atoms with E-state index in [1.807, 2.05) is 30.3 Å². The first-order valence-corrected chi connectivity index (χ1v) is 8.04. The number of ether oxygens (including phenoxy) is 3. The maximum Gasteiger partial charge on any atom is 0.342 e. The lowest BCUT2D eigenvalue weighted by Crippen LogP contribution is -2.41. The van der Waals surface area contributed by atoms with Crippen LogP contribution in [0.2, 0.25) is 0 Å². The molecule has 0 aliphatic heterocycles. The van der Waals surface area contributed by atoms with Gasteiger partial charge in [0, 0.05) is 6.54 Å². The number of rotatable bonds is 7. The molecule has 8 heteroatoms. The second-order valence-electron chi connectivity index (χ2n) is 5.36. The number of hydrogen-bond acceptors (Lipinski definition) is 6. The molecule has 2 N–H and O–H groups in total. The van der Waals surface area contributed by atoms with E-state index >= 15 is 0 Å². The van der Waals surface area contributed by atoms with Crippen molar-refractivity contribution in [1.29, 1.82) is 0 Å². The van der Waals surface area contributed by atoms with Gasteiger partial charge in [0.25, 0.3) is 5.91 Å². The zero-order chi connectivity index (χ0) is 19.6. The molecule has 0 spiro atoms. The standard InChI is InChI=1S/C19H20N2O6/c1-25-14-8-9-16(26-2)15(10-14)18(23)27-12-17(22)21-19(24)20-11-13-6-4-3-5-7-13/h3-10H,11-12H2,1-2H3,(H2,20,21,22,24). The normalized spacial score (nSPS) is 9.85. The van der Waals surface area contributed by atoms with Crippen LogP contribution in [0, 0.1) is 0 Å². The minimum atomic E-state index is -0.773. The number of carbonyl (C=O) groups is 3. The van der Waals surface area contributed by atoms with Crippen molar-refractivity contribution in [2.45, 2.75) is 6.54 Å². The van der Waals surface area contributed by atoms with Crippen molar-refractivity contribution in [3.05, 3.63) is 59.7 Å². The first kappa shape index (κ1) is 19.8. The topological polar surface area (TPSA) is 103 Å². The number of benzene rings is 2. The van der Waals surface area contributed by atoms with Gasteiger partial charge in [-0.15, -0.1) is 0 Å². The summed E-state index contributed by atoms with van der Waals surface area (Å²) in [5.74, 6) is -0.810. The van der Waals surface area contributed by atoms with Gasteiger partial charge in [0.2, 0.25) is 0 Å². The van der Waals surface area contributed by atoms with Gasteiger partial charge in [-0.25, -0.2) is 9.59 Å². The van der Waals surface area contributed by atoms with E-state index in [0.717, 1.165) is 5.56 Å². The van der Waals surface area contributed by atoms with Gasteiger partial charge in [-0.1, -0.05) is 30.3 Å². The second-order valence-corrected chi connectivity index (χ2v) is 5.36. The summed E-state index contributed by atoms with van der Waals surface area (Å²) < 4.78 is 15.1. The van der Waals surface area contributed by atoms with Gasteiger partial charge in [0.1, 0.15) is 17.1 Å². The lowest BCUT2D eigenvalue weighted by atomic mass is 10.2. The first-order valence-electron chi connectivity index (χ1n) is 8.04. The third-order valence-corrected chi connectivity index (χ3v) is 3.51. The molecule has 2 rings (SSSR count). The molecule has 2 aromatic carbocycles. The molecule has 0 heterocycles. The van der Waals surface area contributed by atoms with E-state index in [4.69, 9.17) is 14.2 Å². The largest absolute Gasteiger partial charge is 0.497 e. The van der Waals surface area contributed by atoms with Gasteiger partial charge >= 0.3 is 12.0 Å². The molecule has 0 atom stereocenters. The number of carbonyl (C=O) groups excluding carboxylic acids is 3. The van der Waals surface area contributed by atoms with Gasteiger partial charge < -0.3 is 19.5 Å². The first-order chi connectivity index (χ1) is 13.0. The SMILES string of the molecule is COc1ccc(OC)c(C(=O)OCC(=O)NC(=O)NCc2ccccc2)c1. The van der Waals surface area contributed by atoms with E-state index in [9.17, 15) is 14.4 Å². The van der Waals surface area contributed by atoms with E-state index in [2.05, 4.69) is 10.6 Å². The van der Waals surface area contributed by atoms with Crippen LogP contribution in [-0.2, 0) is 16.1 Å². The number of methoxy groups -OCH3 is 2. The molecule has 0 aromatic heterocycles. The fourth-order valence-electron chi connectivity index (χ4n) is 2.17. The average molecular weight is 372 g/mol. The second kappa shape index (κ2) is 9.81. The average Bonchev–Trinajstić information content (AvgIpc) is 2.70. The fourth-order valence-corrected chi connectivity index (χ4v) is 2.17. The van der Waals surface area contributed by atoms with E-state index in [0.29, 0.717) is 5.75 Å². The van der Waals surface area contributed by atoms with Crippen LogP contribution in [-0.4, -0.2) is 38.7 Å². The Morgan fingerprint density at radius 3 is 2.37 bits per heavy atom. The molecule has 3 amide bonds. The van der Waals surface area contributed by atoms with Gasteiger partial charge in [0.15, 0.2) is 6.61 Å². The van der Waals surface area contributed by atoms with Crippen molar-refractivity contribution in [1.82, 2.24) is 10.6 Å². The Bertz CT molecular complexity index is 807. The van der Waals surface area contributed by atoms with Crippen LogP contribution in [0.5, 0.6) is 11.5 Å². The summed E-state index contributed by atoms with van der Waals surface area (Å²) >= 11 is 0. The lowest BCUT2D eigenvalue weighted by molar-refractivity contribution is -0.123. The molecule has 0 radical (unpaired) electrons. The molecule has 0 unspecified atom stereocenters. The fraction of sp³-hybridized carbons (Fsp3) is 0.211. The highest BCUT2D eigenvalue weighted by atomic mass is 16.5. The summed E-state index contributed by atoms with van der Waals surface area (Å²) in [6.45, 7) is -0.349. The molecule has 0 aliphatic rings. The van der Waals surface area contributed by atoms with Crippen LogP contribution in [0.15, 0.2) is 48.5 Å². The number of amides is 3. The minimum Gasteiger partial charge on any atom is -0.497 e. The predicted molar refractivity (Wildman–Crippen MR) is 96.6 cm³/mol. The Morgan fingerprint density at radius 2 is 1.70 bits per heavy atom. The number of imide groups is 1. The summed E-state index contributed by atoms with van der Waals surface area (Å²) in [5, 5.41) is 4.62. The third-order valence-electron chi connectivity index (χ3n) is 3.51. The molecule has 8 nitrogen and oxygen atoms in total. The Balaban J connectivity index is 1.82. The van der Waals surface area contributed by atoms with Crippen molar-refractivity contribution in [3.63, 3.8) is 0 Å². The number of nitrogens with one attached hydrogen (secondary N) is 2. The van der Waals surface area contributed by atoms with E-state index in [1.165, 1.54) is 20.3 Å². The molecule has 0 saturated carbocycles. The lowest BCUT2D eigenvalue weighted by Gasteiger charge is -2.10. The molecule has 142 valence electrons. The maximum absolute atomic E-state index is 12.2. The van der Waals surface area contributed by atoms with Crippen molar-refractivity contribution < 1.29 is 28.6 Å². The zero-order valence-corrected chi connectivity index (χ0v) is 15.0. The molecule has 2 aromatic rings. The summed E-state index contributed by atoms with van der Waals surface area (Å²) in [6.07, 6.45) is 0. The third kappa shape index (κ3) is 6.03. The van der Waals surface area contributed by atoms with E-state index in [-0.39, 0.29) is 17.9 Å². The van der Waals surface area contributed by atoms with Crippen molar-refractivity contribution in [2.24, 2.45) is 0 Å². The number of urea groups is 1. The predicted octanol–water partition coefficient (Wildman–Crippen LogP) is 1.89. The van der Waals surface area contributed by atoms with Crippen LogP contribution < -0.4 is 20.1 Å². The van der Waals surface area contributed by atoms with Gasteiger partial charge in [-0.2, -0.15) is 0 Å². The Hall–Kier alpha value is -3.55. The smallest absolute Gasteiger partial charge is 0.342 e. The Labute approximate surface area is 156 Å². The van der Waals surface area contributed by atoms with Gasteiger partial charge in [-0.05, 0) is 23.8 Å². The Morgan fingerprint density at radius 1 is 0.963 bits per heavy atom. The number of hydrogen-bond donors (Lipinski definition) is 2. The summed E-state index contributed by atoms with van der Waals surface area (Å²) in [6, 6.07) is 13.1. The highest BCUT2D eigenvalue weighted by Gasteiger charge is 2.17. The molecule has 0 fully saturated rings. The molecule has 0 bridgehead atoms. The van der Waals surface area contributed by atoms with Gasteiger partial charge in [0.05, 0.1) is 14.2 Å². The van der Waals surface area contributed by atoms with Gasteiger partial charge in [-0.3, -0.25) is 10.1 Å². The number of esters is 1. The minimum absolute atomic E-state index is 0.109. The summed E-state index contributed by atoms with van der Waals surface area (Å²) in [5.41, 5.74) is 0.995. The molecule has 0 saturated heterocycles. The van der Waals surface area contributed by atoms with Crippen LogP contribution >= 0.6 is 0 Å². The van der Waals surface area contributed by atoms with Crippen molar-refractivity contribution >= 4 is 17.9 Å². The summed E-state index contributed by atoms with van der Waals surface area (Å²) in [4.78, 5) is 35.6. The van der Waals surface area contributed by atoms with Crippen LogP contribution in [0.1, 0.15) is 15.9 Å². The Kier molecular flexibility index (Phi) is 7.18.